The molecule has 8 atom stereocenters. The first-order chi connectivity index (χ1) is 9.45. The van der Waals surface area contributed by atoms with Crippen LogP contribution in [0.1, 0.15) is 19.3 Å². The lowest BCUT2D eigenvalue weighted by Gasteiger charge is -3.03. The molecule has 0 aromatic carbocycles. The van der Waals surface area contributed by atoms with Crippen LogP contribution in [0.15, 0.2) is 0 Å². The van der Waals surface area contributed by atoms with Crippen LogP contribution < -0.4 is 0 Å². The van der Waals surface area contributed by atoms with Crippen LogP contribution in [0.2, 0.25) is 0 Å². The first-order valence-electron chi connectivity index (χ1n) is 9.45. The highest BCUT2D eigenvalue weighted by atomic mass is 15.0. The molecule has 11 aliphatic carbocycles. The molecule has 0 amide bonds. The third kappa shape index (κ3) is 0.500. The molecule has 0 N–H and O–H groups in total. The first kappa shape index (κ1) is 8.44. The van der Waals surface area contributed by atoms with Crippen molar-refractivity contribution < 1.29 is 0 Å². The number of hydrogen-bond donors (Lipinski definition) is 0. The molecule has 0 aromatic heterocycles. The predicted molar refractivity (Wildman–Crippen MR) is 69.7 cm³/mol. The molecule has 0 nitrogen and oxygen atoms in total. The molecule has 0 spiro atoms. The van der Waals surface area contributed by atoms with Crippen molar-refractivity contribution in [2.24, 2.45) is 94.7 Å². The maximum Gasteiger partial charge on any atom is -0.0312 e. The Hall–Kier alpha value is 0. The minimum absolute atomic E-state index is 1.25. The summed E-state index contributed by atoms with van der Waals surface area (Å²) < 4.78 is 0. The molecule has 8 unspecified atom stereocenters. The zero-order chi connectivity index (χ0) is 11.4. The SMILES string of the molecule is C12C3C4C1C1C2C3C41.C1C2C3CC4C5CC3C1C5C24. The summed E-state index contributed by atoms with van der Waals surface area (Å²) in [4.78, 5) is 0. The van der Waals surface area contributed by atoms with Crippen LogP contribution >= 0.6 is 0 Å². The van der Waals surface area contributed by atoms with Crippen LogP contribution in [-0.2, 0) is 0 Å². The summed E-state index contributed by atoms with van der Waals surface area (Å²) in [7, 11) is 0. The van der Waals surface area contributed by atoms with E-state index in [0.29, 0.717) is 0 Å². The van der Waals surface area contributed by atoms with Crippen molar-refractivity contribution in [2.45, 2.75) is 19.3 Å². The predicted octanol–water partition coefficient (Wildman–Crippen LogP) is 3.14. The highest BCUT2D eigenvalue weighted by Gasteiger charge is 2.97. The Bertz CT molecular complexity index is 413. The van der Waals surface area contributed by atoms with Crippen molar-refractivity contribution in [2.75, 3.05) is 0 Å². The van der Waals surface area contributed by atoms with Crippen LogP contribution in [0.4, 0.5) is 0 Å². The lowest BCUT2D eigenvalue weighted by molar-refractivity contribution is -0.565. The van der Waals surface area contributed by atoms with Crippen molar-refractivity contribution in [3.05, 3.63) is 0 Å². The maximum atomic E-state index is 1.68. The van der Waals surface area contributed by atoms with Gasteiger partial charge in [-0.2, -0.15) is 0 Å². The van der Waals surface area contributed by atoms with Crippen LogP contribution in [0, 0.1) is 94.7 Å². The topological polar surface area (TPSA) is 0 Å². The summed E-state index contributed by atoms with van der Waals surface area (Å²) in [5.41, 5.74) is 0. The van der Waals surface area contributed by atoms with Gasteiger partial charge in [-0.1, -0.05) is 0 Å². The molecule has 2 bridgehead atoms. The summed E-state index contributed by atoms with van der Waals surface area (Å²) in [5.74, 6) is 20.8. The van der Waals surface area contributed by atoms with Gasteiger partial charge in [0.2, 0.25) is 0 Å². The van der Waals surface area contributed by atoms with Gasteiger partial charge >= 0.3 is 0 Å². The lowest BCUT2D eigenvalue weighted by atomic mass is 9.01. The summed E-state index contributed by atoms with van der Waals surface area (Å²) in [5, 5.41) is 0. The van der Waals surface area contributed by atoms with E-state index in [1.165, 1.54) is 94.7 Å². The number of rotatable bonds is 0. The molecule has 11 saturated carbocycles. The summed E-state index contributed by atoms with van der Waals surface area (Å²) in [6.07, 6.45) is 5.03. The molecule has 0 aliphatic heterocycles. The first-order valence-corrected chi connectivity index (χ1v) is 9.45. The third-order valence-electron chi connectivity index (χ3n) is 11.6. The van der Waals surface area contributed by atoms with Gasteiger partial charge in [-0.05, 0) is 114 Å². The van der Waals surface area contributed by atoms with Gasteiger partial charge in [0, 0.05) is 0 Å². The van der Waals surface area contributed by atoms with E-state index in [9.17, 15) is 0 Å². The molecular formula is C19H22. The smallest absolute Gasteiger partial charge is 0.0312 e. The molecule has 0 heterocycles. The molecule has 19 heavy (non-hydrogen) atoms. The highest BCUT2D eigenvalue weighted by Crippen LogP contribution is 3.00. The van der Waals surface area contributed by atoms with Gasteiger partial charge in [-0.25, -0.2) is 0 Å². The Labute approximate surface area is 114 Å². The van der Waals surface area contributed by atoms with E-state index < -0.39 is 0 Å². The standard InChI is InChI=1S/C11H14.C8H8/c1-4-5-2-9-8(1)10-6(4)3-7(5)11(9)10;1-2-5-3(1)7-4(1)6(2)8(5)7/h4-11H,1-3H2;1-8H. The Balaban J connectivity index is 0.0000000801. The zero-order valence-electron chi connectivity index (χ0n) is 11.4. The lowest BCUT2D eigenvalue weighted by Crippen LogP contribution is -3.00. The fraction of sp³-hybridized carbons (Fsp3) is 1.00. The maximum absolute atomic E-state index is 1.68. The van der Waals surface area contributed by atoms with E-state index in [0.717, 1.165) is 0 Å². The van der Waals surface area contributed by atoms with E-state index in [1.807, 2.05) is 0 Å². The molecule has 11 rings (SSSR count). The number of fused-ring (bicyclic) bond motifs is 2. The second-order valence-electron chi connectivity index (χ2n) is 10.5. The normalized spacial score (nSPS) is 94.7. The number of hydrogen-bond acceptors (Lipinski definition) is 0. The average Bonchev–Trinajstić information content (AvgIpc) is 3.01. The minimum atomic E-state index is 1.25. The van der Waals surface area contributed by atoms with E-state index in [1.54, 1.807) is 19.3 Å². The second-order valence-corrected chi connectivity index (χ2v) is 10.5. The van der Waals surface area contributed by atoms with Crippen LogP contribution in [0.3, 0.4) is 0 Å². The molecule has 0 radical (unpaired) electrons. The molecule has 11 fully saturated rings. The van der Waals surface area contributed by atoms with Gasteiger partial charge in [0.25, 0.3) is 0 Å². The van der Waals surface area contributed by atoms with Gasteiger partial charge < -0.3 is 0 Å². The van der Waals surface area contributed by atoms with E-state index in [4.69, 9.17) is 0 Å². The summed E-state index contributed by atoms with van der Waals surface area (Å²) in [6, 6.07) is 0. The van der Waals surface area contributed by atoms with Crippen molar-refractivity contribution in [3.63, 3.8) is 0 Å². The monoisotopic (exact) mass is 250 g/mol. The molecule has 0 aromatic rings. The molecular weight excluding hydrogens is 228 g/mol. The van der Waals surface area contributed by atoms with E-state index >= 15 is 0 Å². The Morgan fingerprint density at radius 3 is 0.895 bits per heavy atom. The Morgan fingerprint density at radius 2 is 0.526 bits per heavy atom. The second kappa shape index (κ2) is 2.00. The van der Waals surface area contributed by atoms with Gasteiger partial charge in [-0.3, -0.25) is 0 Å². The molecule has 98 valence electrons. The van der Waals surface area contributed by atoms with Crippen LogP contribution in [-0.4, -0.2) is 0 Å². The fourth-order valence-electron chi connectivity index (χ4n) is 11.7. The van der Waals surface area contributed by atoms with E-state index in [2.05, 4.69) is 0 Å². The van der Waals surface area contributed by atoms with Gasteiger partial charge in [0.05, 0.1) is 0 Å². The Morgan fingerprint density at radius 1 is 0.263 bits per heavy atom. The fourth-order valence-corrected chi connectivity index (χ4v) is 11.7. The quantitative estimate of drug-likeness (QED) is 0.619. The van der Waals surface area contributed by atoms with Gasteiger partial charge in [0.1, 0.15) is 0 Å². The van der Waals surface area contributed by atoms with Crippen molar-refractivity contribution >= 4 is 0 Å². The van der Waals surface area contributed by atoms with Crippen LogP contribution in [0.5, 0.6) is 0 Å². The van der Waals surface area contributed by atoms with Gasteiger partial charge in [0.15, 0.2) is 0 Å². The van der Waals surface area contributed by atoms with Crippen molar-refractivity contribution in [3.8, 4) is 0 Å². The minimum Gasteiger partial charge on any atom is -0.0465 e. The summed E-state index contributed by atoms with van der Waals surface area (Å²) in [6.45, 7) is 0. The third-order valence-corrected chi connectivity index (χ3v) is 11.6. The largest absolute Gasteiger partial charge is 0.0465 e. The highest BCUT2D eigenvalue weighted by molar-refractivity contribution is 5.44. The molecule has 11 aliphatic rings. The van der Waals surface area contributed by atoms with Gasteiger partial charge in [-0.15, -0.1) is 0 Å². The average molecular weight is 250 g/mol. The van der Waals surface area contributed by atoms with Crippen molar-refractivity contribution in [1.29, 1.82) is 0 Å². The molecule has 0 heteroatoms. The van der Waals surface area contributed by atoms with Crippen LogP contribution in [0.25, 0.3) is 0 Å². The molecule has 0 saturated heterocycles. The van der Waals surface area contributed by atoms with E-state index in [-0.39, 0.29) is 0 Å². The summed E-state index contributed by atoms with van der Waals surface area (Å²) >= 11 is 0. The zero-order valence-corrected chi connectivity index (χ0v) is 11.4. The van der Waals surface area contributed by atoms with Crippen molar-refractivity contribution in [1.82, 2.24) is 0 Å². The Kier molecular flexibility index (Phi) is 0.889.